The lowest BCUT2D eigenvalue weighted by molar-refractivity contribution is 0.669. The van der Waals surface area contributed by atoms with Crippen LogP contribution in [-0.4, -0.2) is 0 Å². The highest BCUT2D eigenvalue weighted by Crippen LogP contribution is 2.46. The molecular weight excluding hydrogens is 544 g/mol. The third-order valence-electron chi connectivity index (χ3n) is 9.05. The van der Waals surface area contributed by atoms with E-state index in [0.717, 1.165) is 21.9 Å². The minimum absolute atomic E-state index is 0.911. The van der Waals surface area contributed by atoms with Crippen LogP contribution in [0, 0.1) is 0 Å². The molecule has 0 spiro atoms. The first-order chi connectivity index (χ1) is 22.3. The first kappa shape index (κ1) is 25.6. The maximum atomic E-state index is 6.21. The number of rotatable bonds is 4. The summed E-state index contributed by atoms with van der Waals surface area (Å²) < 4.78 is 6.21. The molecule has 0 radical (unpaired) electrons. The van der Waals surface area contributed by atoms with Crippen molar-refractivity contribution in [2.75, 3.05) is 0 Å². The second kappa shape index (κ2) is 10.4. The Labute approximate surface area is 261 Å². The molecule has 1 aromatic heterocycles. The van der Waals surface area contributed by atoms with Gasteiger partial charge in [-0.25, -0.2) is 0 Å². The fraction of sp³-hybridized carbons (Fsp3) is 0. The highest BCUT2D eigenvalue weighted by molar-refractivity contribution is 6.22. The number of furan rings is 1. The van der Waals surface area contributed by atoms with Crippen molar-refractivity contribution < 1.29 is 4.42 Å². The van der Waals surface area contributed by atoms with Crippen molar-refractivity contribution in [2.45, 2.75) is 0 Å². The van der Waals surface area contributed by atoms with Gasteiger partial charge in [0.05, 0.1) is 0 Å². The zero-order valence-electron chi connectivity index (χ0n) is 24.6. The third-order valence-corrected chi connectivity index (χ3v) is 9.05. The third kappa shape index (κ3) is 4.24. The Hall–Kier alpha value is -5.92. The smallest absolute Gasteiger partial charge is 0.135 e. The van der Waals surface area contributed by atoms with Gasteiger partial charge < -0.3 is 4.42 Å². The van der Waals surface area contributed by atoms with Crippen LogP contribution >= 0.6 is 0 Å². The fourth-order valence-corrected chi connectivity index (χ4v) is 6.98. The van der Waals surface area contributed by atoms with Gasteiger partial charge >= 0.3 is 0 Å². The van der Waals surface area contributed by atoms with Crippen LogP contribution in [0.2, 0.25) is 0 Å². The predicted molar refractivity (Wildman–Crippen MR) is 190 cm³/mol. The molecule has 1 heteroatoms. The second-order valence-corrected chi connectivity index (χ2v) is 11.7. The molecule has 0 bridgehead atoms. The van der Waals surface area contributed by atoms with E-state index in [2.05, 4.69) is 158 Å². The zero-order chi connectivity index (χ0) is 29.7. The van der Waals surface area contributed by atoms with E-state index in [4.69, 9.17) is 4.42 Å². The Bertz CT molecular complexity index is 2520. The van der Waals surface area contributed by atoms with Gasteiger partial charge in [-0.3, -0.25) is 0 Å². The number of para-hydroxylation sites is 1. The van der Waals surface area contributed by atoms with Crippen LogP contribution in [-0.2, 0) is 0 Å². The lowest BCUT2D eigenvalue weighted by atomic mass is 9.84. The van der Waals surface area contributed by atoms with E-state index in [1.54, 1.807) is 0 Å². The summed E-state index contributed by atoms with van der Waals surface area (Å²) in [5.74, 6) is 0. The van der Waals surface area contributed by atoms with Crippen molar-refractivity contribution in [3.8, 4) is 44.5 Å². The molecule has 0 atom stereocenters. The standard InChI is InChI=1S/C44H28O/c1-3-12-29(13-4-1)31-16-11-17-33(26-31)44-37-20-8-7-19-36(37)43(38-24-22-32(27-40(38)44)30-14-5-2-6-15-30)34-23-25-42-39(28-34)35-18-9-10-21-41(35)45-42/h1-28H. The molecule has 0 fully saturated rings. The molecule has 1 heterocycles. The number of hydrogen-bond donors (Lipinski definition) is 0. The summed E-state index contributed by atoms with van der Waals surface area (Å²) in [7, 11) is 0. The first-order valence-corrected chi connectivity index (χ1v) is 15.4. The van der Waals surface area contributed by atoms with Gasteiger partial charge in [0.2, 0.25) is 0 Å². The molecule has 0 aliphatic heterocycles. The Balaban J connectivity index is 1.38. The Morgan fingerprint density at radius 3 is 1.44 bits per heavy atom. The SMILES string of the molecule is c1ccc(-c2cccc(-c3c4ccccc4c(-c4ccc5oc6ccccc6c5c4)c4ccc(-c5ccccc5)cc34)c2)cc1. The van der Waals surface area contributed by atoms with E-state index in [1.165, 1.54) is 66.1 Å². The average molecular weight is 573 g/mol. The van der Waals surface area contributed by atoms with Crippen LogP contribution in [0.5, 0.6) is 0 Å². The first-order valence-electron chi connectivity index (χ1n) is 15.4. The molecule has 0 amide bonds. The van der Waals surface area contributed by atoms with E-state index in [1.807, 2.05) is 12.1 Å². The molecule has 0 aliphatic carbocycles. The molecule has 1 nitrogen and oxygen atoms in total. The number of benzene rings is 8. The maximum absolute atomic E-state index is 6.21. The molecule has 0 aliphatic rings. The van der Waals surface area contributed by atoms with Gasteiger partial charge in [0, 0.05) is 10.8 Å². The lowest BCUT2D eigenvalue weighted by Crippen LogP contribution is -1.92. The van der Waals surface area contributed by atoms with Gasteiger partial charge in [0.15, 0.2) is 0 Å². The Morgan fingerprint density at radius 1 is 0.244 bits per heavy atom. The van der Waals surface area contributed by atoms with Crippen molar-refractivity contribution in [3.63, 3.8) is 0 Å². The predicted octanol–water partition coefficient (Wildman–Crippen LogP) is 12.6. The largest absolute Gasteiger partial charge is 0.456 e. The summed E-state index contributed by atoms with van der Waals surface area (Å²) in [5, 5.41) is 7.25. The van der Waals surface area contributed by atoms with Crippen LogP contribution < -0.4 is 0 Å². The Kier molecular flexibility index (Phi) is 5.89. The molecule has 45 heavy (non-hydrogen) atoms. The van der Waals surface area contributed by atoms with Crippen LogP contribution in [0.15, 0.2) is 174 Å². The van der Waals surface area contributed by atoms with Gasteiger partial charge in [-0.05, 0) is 96.4 Å². The lowest BCUT2D eigenvalue weighted by Gasteiger charge is -2.19. The molecule has 0 saturated carbocycles. The van der Waals surface area contributed by atoms with Gasteiger partial charge in [-0.2, -0.15) is 0 Å². The van der Waals surface area contributed by atoms with Crippen LogP contribution in [0.1, 0.15) is 0 Å². The van der Waals surface area contributed by atoms with E-state index in [-0.39, 0.29) is 0 Å². The molecule has 0 unspecified atom stereocenters. The molecule has 210 valence electrons. The number of hydrogen-bond acceptors (Lipinski definition) is 1. The van der Waals surface area contributed by atoms with Crippen LogP contribution in [0.3, 0.4) is 0 Å². The van der Waals surface area contributed by atoms with Crippen molar-refractivity contribution in [2.24, 2.45) is 0 Å². The van der Waals surface area contributed by atoms with Crippen molar-refractivity contribution >= 4 is 43.5 Å². The molecular formula is C44H28O. The van der Waals surface area contributed by atoms with Gasteiger partial charge in [-0.15, -0.1) is 0 Å². The quantitative estimate of drug-likeness (QED) is 0.191. The van der Waals surface area contributed by atoms with E-state index in [0.29, 0.717) is 0 Å². The highest BCUT2D eigenvalue weighted by atomic mass is 16.3. The summed E-state index contributed by atoms with van der Waals surface area (Å²) in [6.45, 7) is 0. The van der Waals surface area contributed by atoms with Gasteiger partial charge in [0.1, 0.15) is 11.2 Å². The molecule has 0 saturated heterocycles. The minimum Gasteiger partial charge on any atom is -0.456 e. The highest BCUT2D eigenvalue weighted by Gasteiger charge is 2.19. The van der Waals surface area contributed by atoms with E-state index < -0.39 is 0 Å². The van der Waals surface area contributed by atoms with Crippen LogP contribution in [0.25, 0.3) is 88.0 Å². The monoisotopic (exact) mass is 572 g/mol. The molecule has 9 rings (SSSR count). The molecule has 8 aromatic carbocycles. The van der Waals surface area contributed by atoms with E-state index >= 15 is 0 Å². The maximum Gasteiger partial charge on any atom is 0.135 e. The summed E-state index contributed by atoms with van der Waals surface area (Å²) >= 11 is 0. The Morgan fingerprint density at radius 2 is 0.711 bits per heavy atom. The fourth-order valence-electron chi connectivity index (χ4n) is 6.98. The second-order valence-electron chi connectivity index (χ2n) is 11.7. The van der Waals surface area contributed by atoms with Crippen LogP contribution in [0.4, 0.5) is 0 Å². The van der Waals surface area contributed by atoms with Gasteiger partial charge in [0.25, 0.3) is 0 Å². The summed E-state index contributed by atoms with van der Waals surface area (Å²) in [5.41, 5.74) is 11.6. The topological polar surface area (TPSA) is 13.1 Å². The molecule has 0 N–H and O–H groups in total. The number of fused-ring (bicyclic) bond motifs is 5. The van der Waals surface area contributed by atoms with Crippen molar-refractivity contribution in [1.82, 2.24) is 0 Å². The van der Waals surface area contributed by atoms with Crippen molar-refractivity contribution in [3.05, 3.63) is 170 Å². The van der Waals surface area contributed by atoms with Gasteiger partial charge in [-0.1, -0.05) is 140 Å². The summed E-state index contributed by atoms with van der Waals surface area (Å²) in [4.78, 5) is 0. The van der Waals surface area contributed by atoms with Crippen molar-refractivity contribution in [1.29, 1.82) is 0 Å². The average Bonchev–Trinajstić information content (AvgIpc) is 3.49. The zero-order valence-corrected chi connectivity index (χ0v) is 24.6. The molecule has 9 aromatic rings. The summed E-state index contributed by atoms with van der Waals surface area (Å²) in [6, 6.07) is 61.1. The normalized spacial score (nSPS) is 11.6. The van der Waals surface area contributed by atoms with E-state index in [9.17, 15) is 0 Å². The summed E-state index contributed by atoms with van der Waals surface area (Å²) in [6.07, 6.45) is 0. The minimum atomic E-state index is 0.911.